The van der Waals surface area contributed by atoms with Crippen LogP contribution in [-0.4, -0.2) is 19.3 Å². The highest BCUT2D eigenvalue weighted by Gasteiger charge is 2.21. The first-order valence-corrected chi connectivity index (χ1v) is 8.70. The molecule has 2 unspecified atom stereocenters. The van der Waals surface area contributed by atoms with E-state index in [0.717, 1.165) is 12.8 Å². The molecule has 1 aliphatic carbocycles. The van der Waals surface area contributed by atoms with Gasteiger partial charge in [0.2, 0.25) is 0 Å². The van der Waals surface area contributed by atoms with Gasteiger partial charge >= 0.3 is 0 Å². The fourth-order valence-electron chi connectivity index (χ4n) is 1.59. The minimum atomic E-state index is -1.24. The van der Waals surface area contributed by atoms with E-state index in [1.165, 1.54) is 12.8 Å². The second-order valence-corrected chi connectivity index (χ2v) is 9.73. The molecule has 1 N–H and O–H groups in total. The molecule has 1 aliphatic rings. The van der Waals surface area contributed by atoms with Gasteiger partial charge in [-0.15, -0.1) is 11.5 Å². The van der Waals surface area contributed by atoms with Crippen molar-refractivity contribution in [3.8, 4) is 11.5 Å². The van der Waals surface area contributed by atoms with Crippen LogP contribution in [0.2, 0.25) is 19.6 Å². The zero-order valence-corrected chi connectivity index (χ0v) is 9.93. The molecule has 1 rings (SSSR count). The van der Waals surface area contributed by atoms with Gasteiger partial charge in [-0.3, -0.25) is 0 Å². The van der Waals surface area contributed by atoms with Gasteiger partial charge in [0.15, 0.2) is 0 Å². The Balaban J connectivity index is 2.54. The molecular formula is C11H20OSi. The average molecular weight is 196 g/mol. The van der Waals surface area contributed by atoms with E-state index in [4.69, 9.17) is 0 Å². The van der Waals surface area contributed by atoms with E-state index >= 15 is 0 Å². The van der Waals surface area contributed by atoms with Crippen LogP contribution < -0.4 is 0 Å². The van der Waals surface area contributed by atoms with Crippen molar-refractivity contribution in [2.24, 2.45) is 5.92 Å². The molecule has 0 aromatic heterocycles. The van der Waals surface area contributed by atoms with Crippen LogP contribution in [0.5, 0.6) is 0 Å². The highest BCUT2D eigenvalue weighted by atomic mass is 28.3. The summed E-state index contributed by atoms with van der Waals surface area (Å²) in [6.07, 6.45) is 4.30. The third-order valence-corrected chi connectivity index (χ3v) is 3.26. The quantitative estimate of drug-likeness (QED) is 0.466. The van der Waals surface area contributed by atoms with Gasteiger partial charge in [-0.1, -0.05) is 32.5 Å². The van der Waals surface area contributed by atoms with E-state index in [0.29, 0.717) is 0 Å². The monoisotopic (exact) mass is 196 g/mol. The van der Waals surface area contributed by atoms with E-state index in [9.17, 15) is 5.11 Å². The molecule has 0 saturated heterocycles. The number of aliphatic hydroxyl groups is 1. The van der Waals surface area contributed by atoms with Gasteiger partial charge in [0.25, 0.3) is 0 Å². The van der Waals surface area contributed by atoms with Crippen molar-refractivity contribution in [2.75, 3.05) is 0 Å². The lowest BCUT2D eigenvalue weighted by Crippen LogP contribution is -2.24. The lowest BCUT2D eigenvalue weighted by molar-refractivity contribution is 0.0970. The first-order valence-electron chi connectivity index (χ1n) is 5.20. The zero-order valence-electron chi connectivity index (χ0n) is 8.93. The van der Waals surface area contributed by atoms with Gasteiger partial charge in [0.1, 0.15) is 8.07 Å². The van der Waals surface area contributed by atoms with Gasteiger partial charge in [0, 0.05) is 5.92 Å². The summed E-state index contributed by atoms with van der Waals surface area (Å²) in [4.78, 5) is 0. The molecule has 0 amide bonds. The molecule has 0 aliphatic heterocycles. The van der Waals surface area contributed by atoms with E-state index in [1.807, 2.05) is 0 Å². The maximum atomic E-state index is 9.68. The number of hydrogen-bond acceptors (Lipinski definition) is 1. The van der Waals surface area contributed by atoms with Gasteiger partial charge < -0.3 is 5.11 Å². The first-order chi connectivity index (χ1) is 5.99. The van der Waals surface area contributed by atoms with Gasteiger partial charge in [-0.05, 0) is 12.8 Å². The maximum absolute atomic E-state index is 9.68. The Bertz CT molecular complexity index is 218. The topological polar surface area (TPSA) is 20.2 Å². The molecule has 2 heteroatoms. The van der Waals surface area contributed by atoms with Crippen LogP contribution in [0.1, 0.15) is 25.7 Å². The lowest BCUT2D eigenvalue weighted by atomic mass is 9.87. The smallest absolute Gasteiger partial charge is 0.129 e. The fourth-order valence-corrected chi connectivity index (χ4v) is 2.21. The molecule has 0 aromatic carbocycles. The SMILES string of the molecule is C[Si](C)(C)C#CC1CCCCC1O. The minimum Gasteiger partial charge on any atom is -0.392 e. The molecule has 0 bridgehead atoms. The van der Waals surface area contributed by atoms with Crippen LogP contribution in [0.4, 0.5) is 0 Å². The summed E-state index contributed by atoms with van der Waals surface area (Å²) in [5.41, 5.74) is 3.35. The highest BCUT2D eigenvalue weighted by molar-refractivity contribution is 6.83. The van der Waals surface area contributed by atoms with Crippen molar-refractivity contribution in [1.82, 2.24) is 0 Å². The van der Waals surface area contributed by atoms with Crippen molar-refractivity contribution in [1.29, 1.82) is 0 Å². The summed E-state index contributed by atoms with van der Waals surface area (Å²) in [7, 11) is -1.24. The Morgan fingerprint density at radius 3 is 2.31 bits per heavy atom. The Morgan fingerprint density at radius 1 is 1.15 bits per heavy atom. The summed E-state index contributed by atoms with van der Waals surface area (Å²) in [5, 5.41) is 9.68. The largest absolute Gasteiger partial charge is 0.392 e. The summed E-state index contributed by atoms with van der Waals surface area (Å²) in [5.74, 6) is 3.54. The molecule has 2 atom stereocenters. The first kappa shape index (κ1) is 10.8. The van der Waals surface area contributed by atoms with Gasteiger partial charge in [-0.25, -0.2) is 0 Å². The molecule has 0 radical (unpaired) electrons. The van der Waals surface area contributed by atoms with Crippen LogP contribution in [-0.2, 0) is 0 Å². The number of hydrogen-bond donors (Lipinski definition) is 1. The summed E-state index contributed by atoms with van der Waals surface area (Å²) >= 11 is 0. The molecule has 0 heterocycles. The molecule has 0 spiro atoms. The summed E-state index contributed by atoms with van der Waals surface area (Å²) in [6, 6.07) is 0. The third kappa shape index (κ3) is 3.97. The standard InChI is InChI=1S/C11H20OSi/c1-13(2,3)9-8-10-6-4-5-7-11(10)12/h10-12H,4-7H2,1-3H3. The van der Waals surface area contributed by atoms with Crippen molar-refractivity contribution in [2.45, 2.75) is 51.4 Å². The lowest BCUT2D eigenvalue weighted by Gasteiger charge is -2.23. The third-order valence-electron chi connectivity index (χ3n) is 2.36. The predicted octanol–water partition coefficient (Wildman–Crippen LogP) is 2.42. The van der Waals surface area contributed by atoms with E-state index in [2.05, 4.69) is 31.1 Å². The Hall–Kier alpha value is -0.263. The van der Waals surface area contributed by atoms with Gasteiger partial charge in [0.05, 0.1) is 6.10 Å². The van der Waals surface area contributed by atoms with Crippen LogP contribution in [0.3, 0.4) is 0 Å². The molecular weight excluding hydrogens is 176 g/mol. The average Bonchev–Trinajstić information content (AvgIpc) is 2.01. The fraction of sp³-hybridized carbons (Fsp3) is 0.818. The zero-order chi connectivity index (χ0) is 9.90. The Morgan fingerprint density at radius 2 is 1.77 bits per heavy atom. The van der Waals surface area contributed by atoms with Gasteiger partial charge in [-0.2, -0.15) is 0 Å². The van der Waals surface area contributed by atoms with Crippen molar-refractivity contribution >= 4 is 8.07 Å². The molecule has 74 valence electrons. The van der Waals surface area contributed by atoms with Crippen molar-refractivity contribution in [3.05, 3.63) is 0 Å². The van der Waals surface area contributed by atoms with Crippen LogP contribution >= 0.6 is 0 Å². The molecule has 1 fully saturated rings. The summed E-state index contributed by atoms with van der Waals surface area (Å²) < 4.78 is 0. The minimum absolute atomic E-state index is 0.155. The molecule has 0 aromatic rings. The predicted molar refractivity (Wildman–Crippen MR) is 59.1 cm³/mol. The van der Waals surface area contributed by atoms with E-state index in [1.54, 1.807) is 0 Å². The molecule has 13 heavy (non-hydrogen) atoms. The van der Waals surface area contributed by atoms with Crippen LogP contribution in [0, 0.1) is 17.4 Å². The second-order valence-electron chi connectivity index (χ2n) is 4.98. The Labute approximate surface area is 82.6 Å². The second kappa shape index (κ2) is 4.30. The van der Waals surface area contributed by atoms with Crippen LogP contribution in [0.25, 0.3) is 0 Å². The van der Waals surface area contributed by atoms with Crippen molar-refractivity contribution < 1.29 is 5.11 Å². The highest BCUT2D eigenvalue weighted by Crippen LogP contribution is 2.23. The molecule has 1 saturated carbocycles. The van der Waals surface area contributed by atoms with Crippen LogP contribution in [0.15, 0.2) is 0 Å². The summed E-state index contributed by atoms with van der Waals surface area (Å²) in [6.45, 7) is 6.74. The number of aliphatic hydroxyl groups excluding tert-OH is 1. The van der Waals surface area contributed by atoms with E-state index in [-0.39, 0.29) is 12.0 Å². The Kier molecular flexibility index (Phi) is 3.58. The molecule has 1 nitrogen and oxygen atoms in total. The van der Waals surface area contributed by atoms with E-state index < -0.39 is 8.07 Å². The normalized spacial score (nSPS) is 29.2. The van der Waals surface area contributed by atoms with Crippen molar-refractivity contribution in [3.63, 3.8) is 0 Å². The number of rotatable bonds is 0. The maximum Gasteiger partial charge on any atom is 0.129 e.